The summed E-state index contributed by atoms with van der Waals surface area (Å²) in [5.41, 5.74) is 0.430. The summed E-state index contributed by atoms with van der Waals surface area (Å²) in [6, 6.07) is 7.32. The lowest BCUT2D eigenvalue weighted by Crippen LogP contribution is -2.31. The lowest BCUT2D eigenvalue weighted by atomic mass is 10.1. The van der Waals surface area contributed by atoms with Gasteiger partial charge in [0.25, 0.3) is 0 Å². The monoisotopic (exact) mass is 219 g/mol. The van der Waals surface area contributed by atoms with E-state index in [1.807, 2.05) is 25.1 Å². The number of aryl methyl sites for hydroxylation is 1. The van der Waals surface area contributed by atoms with Crippen LogP contribution in [-0.4, -0.2) is 17.0 Å². The van der Waals surface area contributed by atoms with Crippen LogP contribution in [0.3, 0.4) is 0 Å². The summed E-state index contributed by atoms with van der Waals surface area (Å²) in [4.78, 5) is 22.7. The van der Waals surface area contributed by atoms with E-state index in [1.165, 1.54) is 0 Å². The van der Waals surface area contributed by atoms with Crippen molar-refractivity contribution >= 4 is 17.6 Å². The molecule has 0 atom stereocenters. The van der Waals surface area contributed by atoms with E-state index in [-0.39, 0.29) is 0 Å². The maximum Gasteiger partial charge on any atom is 0.319 e. The van der Waals surface area contributed by atoms with Gasteiger partial charge in [-0.25, -0.2) is 0 Å². The molecule has 0 heterocycles. The largest absolute Gasteiger partial charge is 0.480 e. The van der Waals surface area contributed by atoms with Crippen molar-refractivity contribution in [3.63, 3.8) is 0 Å². The predicted octanol–water partition coefficient (Wildman–Crippen LogP) is 1.80. The highest BCUT2D eigenvalue weighted by Gasteiger charge is 2.57. The second kappa shape index (κ2) is 3.63. The Kier molecular flexibility index (Phi) is 2.42. The topological polar surface area (TPSA) is 66.4 Å². The molecule has 0 saturated heterocycles. The fourth-order valence-corrected chi connectivity index (χ4v) is 1.62. The predicted molar refractivity (Wildman–Crippen MR) is 59.1 cm³/mol. The van der Waals surface area contributed by atoms with Gasteiger partial charge in [0.1, 0.15) is 5.41 Å². The third-order valence-electron chi connectivity index (χ3n) is 2.99. The van der Waals surface area contributed by atoms with Crippen LogP contribution < -0.4 is 5.32 Å². The highest BCUT2D eigenvalue weighted by atomic mass is 16.4. The van der Waals surface area contributed by atoms with E-state index in [2.05, 4.69) is 5.32 Å². The zero-order valence-corrected chi connectivity index (χ0v) is 8.99. The summed E-state index contributed by atoms with van der Waals surface area (Å²) in [6.07, 6.45) is 0.861. The summed E-state index contributed by atoms with van der Waals surface area (Å²) in [7, 11) is 0. The fraction of sp³-hybridized carbons (Fsp3) is 0.333. The van der Waals surface area contributed by atoms with Gasteiger partial charge in [-0.15, -0.1) is 0 Å². The molecule has 84 valence electrons. The van der Waals surface area contributed by atoms with Gasteiger partial charge >= 0.3 is 5.97 Å². The SMILES string of the molecule is Cc1ccccc1NC(=O)C1(C(=O)O)CC1. The van der Waals surface area contributed by atoms with Crippen LogP contribution in [-0.2, 0) is 9.59 Å². The van der Waals surface area contributed by atoms with E-state index in [1.54, 1.807) is 6.07 Å². The van der Waals surface area contributed by atoms with Crippen LogP contribution in [0.5, 0.6) is 0 Å². The van der Waals surface area contributed by atoms with E-state index < -0.39 is 17.3 Å². The van der Waals surface area contributed by atoms with Crippen molar-refractivity contribution in [3.05, 3.63) is 29.8 Å². The molecule has 1 amide bonds. The number of hydrogen-bond donors (Lipinski definition) is 2. The molecule has 0 aromatic heterocycles. The summed E-state index contributed by atoms with van der Waals surface area (Å²) in [6.45, 7) is 1.87. The van der Waals surface area contributed by atoms with Crippen molar-refractivity contribution in [3.8, 4) is 0 Å². The van der Waals surface area contributed by atoms with Gasteiger partial charge in [0.2, 0.25) is 5.91 Å². The minimum atomic E-state index is -1.18. The fourth-order valence-electron chi connectivity index (χ4n) is 1.62. The first-order valence-corrected chi connectivity index (χ1v) is 5.17. The smallest absolute Gasteiger partial charge is 0.319 e. The first-order chi connectivity index (χ1) is 7.56. The molecule has 0 spiro atoms. The Morgan fingerprint density at radius 1 is 1.31 bits per heavy atom. The number of carboxylic acid groups (broad SMARTS) is 1. The Balaban J connectivity index is 2.15. The maximum atomic E-state index is 11.8. The molecule has 1 fully saturated rings. The summed E-state index contributed by atoms with van der Waals surface area (Å²) in [5.74, 6) is -1.44. The van der Waals surface area contributed by atoms with Gasteiger partial charge in [-0.1, -0.05) is 18.2 Å². The zero-order valence-electron chi connectivity index (χ0n) is 8.99. The van der Waals surface area contributed by atoms with E-state index in [0.717, 1.165) is 5.56 Å². The Morgan fingerprint density at radius 3 is 2.44 bits per heavy atom. The molecule has 1 aromatic rings. The lowest BCUT2D eigenvalue weighted by Gasteiger charge is -2.12. The number of nitrogens with one attached hydrogen (secondary N) is 1. The molecule has 1 saturated carbocycles. The van der Waals surface area contributed by atoms with Gasteiger partial charge < -0.3 is 10.4 Å². The summed E-state index contributed by atoms with van der Waals surface area (Å²) >= 11 is 0. The van der Waals surface area contributed by atoms with E-state index in [9.17, 15) is 9.59 Å². The van der Waals surface area contributed by atoms with Gasteiger partial charge in [0.05, 0.1) is 0 Å². The van der Waals surface area contributed by atoms with Crippen LogP contribution in [0, 0.1) is 12.3 Å². The van der Waals surface area contributed by atoms with Crippen molar-refractivity contribution in [2.75, 3.05) is 5.32 Å². The second-order valence-corrected chi connectivity index (χ2v) is 4.16. The normalized spacial score (nSPS) is 16.6. The van der Waals surface area contributed by atoms with Crippen molar-refractivity contribution < 1.29 is 14.7 Å². The number of amides is 1. The van der Waals surface area contributed by atoms with Crippen molar-refractivity contribution in [2.45, 2.75) is 19.8 Å². The maximum absolute atomic E-state index is 11.8. The number of hydrogen-bond acceptors (Lipinski definition) is 2. The summed E-state index contributed by atoms with van der Waals surface area (Å²) < 4.78 is 0. The number of anilines is 1. The molecule has 1 aliphatic rings. The van der Waals surface area contributed by atoms with Crippen molar-refractivity contribution in [1.82, 2.24) is 0 Å². The Hall–Kier alpha value is -1.84. The molecule has 2 rings (SSSR count). The van der Waals surface area contributed by atoms with Crippen LogP contribution in [0.1, 0.15) is 18.4 Å². The number of carboxylic acids is 1. The van der Waals surface area contributed by atoms with Crippen LogP contribution in [0.15, 0.2) is 24.3 Å². The van der Waals surface area contributed by atoms with E-state index in [4.69, 9.17) is 5.11 Å². The molecule has 0 bridgehead atoms. The van der Waals surface area contributed by atoms with Crippen molar-refractivity contribution in [2.24, 2.45) is 5.41 Å². The Morgan fingerprint density at radius 2 is 1.94 bits per heavy atom. The molecule has 4 heteroatoms. The average Bonchev–Trinajstić information content (AvgIpc) is 3.02. The molecule has 4 nitrogen and oxygen atoms in total. The molecule has 1 aromatic carbocycles. The van der Waals surface area contributed by atoms with Gasteiger partial charge in [-0.2, -0.15) is 0 Å². The highest BCUT2D eigenvalue weighted by Crippen LogP contribution is 2.46. The highest BCUT2D eigenvalue weighted by molar-refractivity contribution is 6.10. The number of para-hydroxylation sites is 1. The molecule has 0 radical (unpaired) electrons. The first-order valence-electron chi connectivity index (χ1n) is 5.17. The molecule has 2 N–H and O–H groups in total. The Bertz CT molecular complexity index is 449. The summed E-state index contributed by atoms with van der Waals surface area (Å²) in [5, 5.41) is 11.6. The third kappa shape index (κ3) is 1.66. The number of carbonyl (C=O) groups is 2. The molecule has 16 heavy (non-hydrogen) atoms. The molecular weight excluding hydrogens is 206 g/mol. The average molecular weight is 219 g/mol. The van der Waals surface area contributed by atoms with Crippen LogP contribution >= 0.6 is 0 Å². The molecule has 0 aliphatic heterocycles. The molecular formula is C12H13NO3. The molecule has 1 aliphatic carbocycles. The number of benzene rings is 1. The van der Waals surface area contributed by atoms with Crippen LogP contribution in [0.2, 0.25) is 0 Å². The van der Waals surface area contributed by atoms with E-state index >= 15 is 0 Å². The number of aliphatic carboxylic acids is 1. The van der Waals surface area contributed by atoms with Crippen molar-refractivity contribution in [1.29, 1.82) is 0 Å². The quantitative estimate of drug-likeness (QED) is 0.762. The van der Waals surface area contributed by atoms with E-state index in [0.29, 0.717) is 18.5 Å². The van der Waals surface area contributed by atoms with Gasteiger partial charge in [0.15, 0.2) is 0 Å². The minimum Gasteiger partial charge on any atom is -0.480 e. The third-order valence-corrected chi connectivity index (χ3v) is 2.99. The minimum absolute atomic E-state index is 0.408. The Labute approximate surface area is 93.3 Å². The first kappa shape index (κ1) is 10.7. The zero-order chi connectivity index (χ0) is 11.8. The number of carbonyl (C=O) groups excluding carboxylic acids is 1. The van der Waals surface area contributed by atoms with Crippen LogP contribution in [0.4, 0.5) is 5.69 Å². The number of rotatable bonds is 3. The van der Waals surface area contributed by atoms with Gasteiger partial charge in [-0.05, 0) is 31.4 Å². The lowest BCUT2D eigenvalue weighted by molar-refractivity contribution is -0.147. The second-order valence-electron chi connectivity index (χ2n) is 4.16. The molecule has 0 unspecified atom stereocenters. The standard InChI is InChI=1S/C12H13NO3/c1-8-4-2-3-5-9(8)13-10(14)12(6-7-12)11(15)16/h2-5H,6-7H2,1H3,(H,13,14)(H,15,16). The van der Waals surface area contributed by atoms with Crippen LogP contribution in [0.25, 0.3) is 0 Å². The van der Waals surface area contributed by atoms with Gasteiger partial charge in [0, 0.05) is 5.69 Å². The van der Waals surface area contributed by atoms with Gasteiger partial charge in [-0.3, -0.25) is 9.59 Å².